The summed E-state index contributed by atoms with van der Waals surface area (Å²) in [7, 11) is 0. The Kier molecular flexibility index (Phi) is 3.02. The van der Waals surface area contributed by atoms with Crippen LogP contribution in [0.4, 0.5) is 5.88 Å². The third kappa shape index (κ3) is 1.99. The van der Waals surface area contributed by atoms with Crippen molar-refractivity contribution in [2.24, 2.45) is 0 Å². The first kappa shape index (κ1) is 11.3. The summed E-state index contributed by atoms with van der Waals surface area (Å²) in [6, 6.07) is 10.0. The molecule has 1 aromatic carbocycles. The summed E-state index contributed by atoms with van der Waals surface area (Å²) in [5.74, 6) is 0.790. The second-order valence-electron chi connectivity index (χ2n) is 4.56. The van der Waals surface area contributed by atoms with E-state index in [1.54, 1.807) is 0 Å². The van der Waals surface area contributed by atoms with Gasteiger partial charge in [0.1, 0.15) is 0 Å². The molecule has 2 aromatic rings. The van der Waals surface area contributed by atoms with Gasteiger partial charge in [0.05, 0.1) is 11.3 Å². The quantitative estimate of drug-likeness (QED) is 0.882. The van der Waals surface area contributed by atoms with Gasteiger partial charge in [-0.2, -0.15) is 0 Å². The van der Waals surface area contributed by atoms with Crippen LogP contribution in [0, 0.1) is 0 Å². The lowest BCUT2D eigenvalue weighted by Gasteiger charge is -2.20. The van der Waals surface area contributed by atoms with Crippen LogP contribution in [-0.4, -0.2) is 18.4 Å². The number of benzene rings is 1. The summed E-state index contributed by atoms with van der Waals surface area (Å²) in [6.45, 7) is 1.57. The van der Waals surface area contributed by atoms with E-state index in [0.29, 0.717) is 11.8 Å². The molecule has 1 aliphatic heterocycles. The van der Waals surface area contributed by atoms with Crippen molar-refractivity contribution in [3.63, 3.8) is 0 Å². The fourth-order valence-electron chi connectivity index (χ4n) is 2.46. The van der Waals surface area contributed by atoms with E-state index in [2.05, 4.69) is 5.16 Å². The minimum absolute atomic E-state index is 0.384. The number of nitrogens with zero attached hydrogens (tertiary/aromatic N) is 1. The number of ether oxygens (including phenoxy) is 1. The van der Waals surface area contributed by atoms with Crippen molar-refractivity contribution in [3.05, 3.63) is 36.0 Å². The Hall–Kier alpha value is -1.81. The van der Waals surface area contributed by atoms with Crippen LogP contribution in [0.15, 0.2) is 34.9 Å². The van der Waals surface area contributed by atoms with Gasteiger partial charge in [-0.15, -0.1) is 0 Å². The molecule has 0 aliphatic carbocycles. The van der Waals surface area contributed by atoms with Gasteiger partial charge in [-0.3, -0.25) is 0 Å². The van der Waals surface area contributed by atoms with E-state index in [0.717, 1.165) is 42.9 Å². The molecule has 0 unspecified atom stereocenters. The highest BCUT2D eigenvalue weighted by atomic mass is 16.5. The van der Waals surface area contributed by atoms with Gasteiger partial charge in [0.25, 0.3) is 0 Å². The van der Waals surface area contributed by atoms with Gasteiger partial charge in [0, 0.05) is 19.1 Å². The van der Waals surface area contributed by atoms with Crippen LogP contribution in [0.25, 0.3) is 11.1 Å². The second-order valence-corrected chi connectivity index (χ2v) is 4.56. The zero-order chi connectivity index (χ0) is 12.4. The summed E-state index contributed by atoms with van der Waals surface area (Å²) in [5.41, 5.74) is 8.91. The number of rotatable bonds is 2. The predicted molar refractivity (Wildman–Crippen MR) is 69.1 cm³/mol. The molecule has 1 aliphatic rings. The third-order valence-electron chi connectivity index (χ3n) is 3.42. The van der Waals surface area contributed by atoms with Crippen LogP contribution < -0.4 is 5.73 Å². The lowest BCUT2D eigenvalue weighted by atomic mass is 9.91. The number of nitrogen functional groups attached to an aromatic ring is 1. The molecule has 2 heterocycles. The van der Waals surface area contributed by atoms with Gasteiger partial charge in [-0.25, -0.2) is 0 Å². The van der Waals surface area contributed by atoms with Crippen molar-refractivity contribution in [1.82, 2.24) is 5.16 Å². The lowest BCUT2D eigenvalue weighted by molar-refractivity contribution is 0.0839. The van der Waals surface area contributed by atoms with Gasteiger partial charge in [-0.1, -0.05) is 35.5 Å². The SMILES string of the molecule is Nc1onc(C2CCOCC2)c1-c1ccccc1. The molecule has 0 spiro atoms. The largest absolute Gasteiger partial charge is 0.381 e. The zero-order valence-corrected chi connectivity index (χ0v) is 10.1. The monoisotopic (exact) mass is 244 g/mol. The Morgan fingerprint density at radius 3 is 2.56 bits per heavy atom. The maximum absolute atomic E-state index is 5.92. The van der Waals surface area contributed by atoms with E-state index in [1.165, 1.54) is 0 Å². The molecule has 1 saturated heterocycles. The minimum atomic E-state index is 0.384. The van der Waals surface area contributed by atoms with Crippen LogP contribution in [0.2, 0.25) is 0 Å². The van der Waals surface area contributed by atoms with E-state index in [1.807, 2.05) is 30.3 Å². The fourth-order valence-corrected chi connectivity index (χ4v) is 2.46. The molecular formula is C14H16N2O2. The number of nitrogens with two attached hydrogens (primary N) is 1. The Bertz CT molecular complexity index is 516. The van der Waals surface area contributed by atoms with E-state index >= 15 is 0 Å². The molecule has 0 bridgehead atoms. The van der Waals surface area contributed by atoms with Crippen molar-refractivity contribution >= 4 is 5.88 Å². The van der Waals surface area contributed by atoms with Gasteiger partial charge < -0.3 is 15.0 Å². The summed E-state index contributed by atoms with van der Waals surface area (Å²) in [4.78, 5) is 0. The molecule has 1 aromatic heterocycles. The molecule has 4 nitrogen and oxygen atoms in total. The molecule has 3 rings (SSSR count). The maximum Gasteiger partial charge on any atom is 0.230 e. The summed E-state index contributed by atoms with van der Waals surface area (Å²) < 4.78 is 10.6. The van der Waals surface area contributed by atoms with Gasteiger partial charge >= 0.3 is 0 Å². The molecule has 0 amide bonds. The molecule has 1 fully saturated rings. The summed E-state index contributed by atoms with van der Waals surface area (Å²) in [5, 5.41) is 4.16. The standard InChI is InChI=1S/C14H16N2O2/c15-14-12(10-4-2-1-3-5-10)13(16-18-14)11-6-8-17-9-7-11/h1-5,11H,6-9,15H2. The number of hydrogen-bond donors (Lipinski definition) is 1. The minimum Gasteiger partial charge on any atom is -0.381 e. The van der Waals surface area contributed by atoms with E-state index < -0.39 is 0 Å². The summed E-state index contributed by atoms with van der Waals surface area (Å²) >= 11 is 0. The first-order valence-corrected chi connectivity index (χ1v) is 6.24. The predicted octanol–water partition coefficient (Wildman–Crippen LogP) is 2.82. The topological polar surface area (TPSA) is 61.3 Å². The van der Waals surface area contributed by atoms with Gasteiger partial charge in [0.2, 0.25) is 5.88 Å². The number of hydrogen-bond acceptors (Lipinski definition) is 4. The second kappa shape index (κ2) is 4.82. The molecular weight excluding hydrogens is 228 g/mol. The van der Waals surface area contributed by atoms with Crippen molar-refractivity contribution < 1.29 is 9.26 Å². The lowest BCUT2D eigenvalue weighted by Crippen LogP contribution is -2.15. The highest BCUT2D eigenvalue weighted by Crippen LogP contribution is 2.37. The smallest absolute Gasteiger partial charge is 0.230 e. The van der Waals surface area contributed by atoms with E-state index in [-0.39, 0.29) is 0 Å². The molecule has 0 radical (unpaired) electrons. The molecule has 4 heteroatoms. The van der Waals surface area contributed by atoms with Crippen LogP contribution >= 0.6 is 0 Å². The number of aromatic nitrogens is 1. The third-order valence-corrected chi connectivity index (χ3v) is 3.42. The van der Waals surface area contributed by atoms with Crippen molar-refractivity contribution in [2.75, 3.05) is 18.9 Å². The van der Waals surface area contributed by atoms with E-state index in [4.69, 9.17) is 15.0 Å². The molecule has 2 N–H and O–H groups in total. The van der Waals surface area contributed by atoms with Crippen LogP contribution in [0.3, 0.4) is 0 Å². The zero-order valence-electron chi connectivity index (χ0n) is 10.1. The molecule has 0 saturated carbocycles. The van der Waals surface area contributed by atoms with Crippen LogP contribution in [0.5, 0.6) is 0 Å². The van der Waals surface area contributed by atoms with E-state index in [9.17, 15) is 0 Å². The Balaban J connectivity index is 2.01. The molecule has 0 atom stereocenters. The Morgan fingerprint density at radius 1 is 1.11 bits per heavy atom. The Morgan fingerprint density at radius 2 is 1.83 bits per heavy atom. The molecule has 94 valence electrons. The van der Waals surface area contributed by atoms with Gasteiger partial charge in [0.15, 0.2) is 0 Å². The fraction of sp³-hybridized carbons (Fsp3) is 0.357. The van der Waals surface area contributed by atoms with Crippen molar-refractivity contribution in [3.8, 4) is 11.1 Å². The van der Waals surface area contributed by atoms with Gasteiger partial charge in [-0.05, 0) is 18.4 Å². The maximum atomic E-state index is 5.92. The average molecular weight is 244 g/mol. The van der Waals surface area contributed by atoms with Crippen molar-refractivity contribution in [1.29, 1.82) is 0 Å². The van der Waals surface area contributed by atoms with Crippen molar-refractivity contribution in [2.45, 2.75) is 18.8 Å². The van der Waals surface area contributed by atoms with Crippen LogP contribution in [0.1, 0.15) is 24.5 Å². The van der Waals surface area contributed by atoms with Crippen LogP contribution in [-0.2, 0) is 4.74 Å². The molecule has 18 heavy (non-hydrogen) atoms. The summed E-state index contributed by atoms with van der Waals surface area (Å²) in [6.07, 6.45) is 1.96. The highest BCUT2D eigenvalue weighted by Gasteiger charge is 2.25. The first-order valence-electron chi connectivity index (χ1n) is 6.24. The highest BCUT2D eigenvalue weighted by molar-refractivity contribution is 5.75. The first-order chi connectivity index (χ1) is 8.86. The normalized spacial score (nSPS) is 16.9. The average Bonchev–Trinajstić information content (AvgIpc) is 2.83. The number of anilines is 1. The Labute approximate surface area is 106 Å².